The highest BCUT2D eigenvalue weighted by Crippen LogP contribution is 2.25. The molecule has 0 unspecified atom stereocenters. The number of hydrogen-bond donors (Lipinski definition) is 1. The summed E-state index contributed by atoms with van der Waals surface area (Å²) < 4.78 is 1.34. The molecule has 6 nitrogen and oxygen atoms in total. The molecule has 0 aliphatic carbocycles. The third-order valence-electron chi connectivity index (χ3n) is 2.72. The number of hydrazine groups is 1. The zero-order chi connectivity index (χ0) is 14.0. The molecule has 2 N–H and O–H groups in total. The van der Waals surface area contributed by atoms with E-state index in [9.17, 15) is 4.79 Å². The second-order valence-corrected chi connectivity index (χ2v) is 4.36. The van der Waals surface area contributed by atoms with E-state index in [0.29, 0.717) is 23.0 Å². The molecule has 0 radical (unpaired) electrons. The van der Waals surface area contributed by atoms with Crippen molar-refractivity contribution in [2.24, 2.45) is 12.9 Å². The van der Waals surface area contributed by atoms with Gasteiger partial charge in [0.05, 0.1) is 5.02 Å². The van der Waals surface area contributed by atoms with Crippen molar-refractivity contribution in [2.75, 3.05) is 11.6 Å². The van der Waals surface area contributed by atoms with Crippen LogP contribution in [-0.2, 0) is 7.05 Å². The first-order valence-electron chi connectivity index (χ1n) is 5.76. The second kappa shape index (κ2) is 5.38. The van der Waals surface area contributed by atoms with Crippen LogP contribution >= 0.6 is 11.6 Å². The Labute approximate surface area is 115 Å². The van der Waals surface area contributed by atoms with Crippen molar-refractivity contribution in [3.05, 3.63) is 39.8 Å². The third kappa shape index (κ3) is 2.59. The molecule has 2 aromatic rings. The number of aromatic nitrogens is 3. The lowest BCUT2D eigenvalue weighted by molar-refractivity contribution is 0.747. The average Bonchev–Trinajstić information content (AvgIpc) is 2.41. The van der Waals surface area contributed by atoms with Gasteiger partial charge in [-0.2, -0.15) is 9.97 Å². The molecule has 2 rings (SSSR count). The maximum absolute atomic E-state index is 11.9. The van der Waals surface area contributed by atoms with E-state index in [1.54, 1.807) is 19.2 Å². The van der Waals surface area contributed by atoms with E-state index in [1.807, 2.05) is 19.1 Å². The number of hydrogen-bond acceptors (Lipinski definition) is 5. The monoisotopic (exact) mass is 279 g/mol. The molecule has 0 spiro atoms. The van der Waals surface area contributed by atoms with Crippen LogP contribution in [0.3, 0.4) is 0 Å². The fraction of sp³-hybridized carbons (Fsp3) is 0.250. The minimum atomic E-state index is -0.427. The fourth-order valence-electron chi connectivity index (χ4n) is 1.60. The largest absolute Gasteiger partial charge is 0.352 e. The number of rotatable bonds is 3. The van der Waals surface area contributed by atoms with Gasteiger partial charge in [-0.1, -0.05) is 23.7 Å². The van der Waals surface area contributed by atoms with E-state index < -0.39 is 5.69 Å². The maximum Gasteiger partial charge on any atom is 0.352 e. The quantitative estimate of drug-likeness (QED) is 0.675. The second-order valence-electron chi connectivity index (χ2n) is 3.95. The Kier molecular flexibility index (Phi) is 3.82. The van der Waals surface area contributed by atoms with Gasteiger partial charge in [-0.3, -0.25) is 9.58 Å². The van der Waals surface area contributed by atoms with Crippen LogP contribution < -0.4 is 16.5 Å². The lowest BCUT2D eigenvalue weighted by Crippen LogP contribution is -2.36. The molecule has 7 heteroatoms. The van der Waals surface area contributed by atoms with Gasteiger partial charge in [-0.25, -0.2) is 10.6 Å². The highest BCUT2D eigenvalue weighted by atomic mass is 35.5. The van der Waals surface area contributed by atoms with Gasteiger partial charge in [-0.05, 0) is 19.1 Å². The number of nitrogens with zero attached hydrogens (tertiary/aromatic N) is 4. The summed E-state index contributed by atoms with van der Waals surface area (Å²) in [4.78, 5) is 20.0. The molecule has 0 fully saturated rings. The SMILES string of the molecule is CCN(N)c1nc(-c2ccccc2Cl)n(C)c(=O)n1. The van der Waals surface area contributed by atoms with Crippen LogP contribution in [-0.4, -0.2) is 21.1 Å². The fourth-order valence-corrected chi connectivity index (χ4v) is 1.82. The van der Waals surface area contributed by atoms with Crippen LogP contribution in [0.1, 0.15) is 6.92 Å². The minimum absolute atomic E-state index is 0.181. The summed E-state index contributed by atoms with van der Waals surface area (Å²) in [6.07, 6.45) is 0. The Balaban J connectivity index is 2.67. The van der Waals surface area contributed by atoms with Crippen molar-refractivity contribution in [1.29, 1.82) is 0 Å². The van der Waals surface area contributed by atoms with Gasteiger partial charge in [-0.15, -0.1) is 0 Å². The van der Waals surface area contributed by atoms with Crippen LogP contribution in [0.15, 0.2) is 29.1 Å². The van der Waals surface area contributed by atoms with Crippen molar-refractivity contribution in [1.82, 2.24) is 14.5 Å². The van der Waals surface area contributed by atoms with Crippen molar-refractivity contribution in [3.63, 3.8) is 0 Å². The lowest BCUT2D eigenvalue weighted by Gasteiger charge is -2.16. The van der Waals surface area contributed by atoms with E-state index in [-0.39, 0.29) is 5.95 Å². The van der Waals surface area contributed by atoms with Gasteiger partial charge in [0.1, 0.15) is 5.82 Å². The van der Waals surface area contributed by atoms with Crippen LogP contribution in [0, 0.1) is 0 Å². The van der Waals surface area contributed by atoms with E-state index in [2.05, 4.69) is 9.97 Å². The van der Waals surface area contributed by atoms with Crippen LogP contribution in [0.2, 0.25) is 5.02 Å². The number of nitrogens with two attached hydrogens (primary N) is 1. The molecule has 0 bridgehead atoms. The number of anilines is 1. The van der Waals surface area contributed by atoms with Gasteiger partial charge in [0.2, 0.25) is 5.95 Å². The van der Waals surface area contributed by atoms with Crippen molar-refractivity contribution in [3.8, 4) is 11.4 Å². The molecular weight excluding hydrogens is 266 g/mol. The Bertz CT molecular complexity index is 655. The molecule has 0 aliphatic heterocycles. The smallest absolute Gasteiger partial charge is 0.279 e. The first kappa shape index (κ1) is 13.5. The van der Waals surface area contributed by atoms with Crippen LogP contribution in [0.4, 0.5) is 5.95 Å². The van der Waals surface area contributed by atoms with Gasteiger partial charge >= 0.3 is 5.69 Å². The summed E-state index contributed by atoms with van der Waals surface area (Å²) in [6.45, 7) is 2.34. The van der Waals surface area contributed by atoms with Gasteiger partial charge in [0.15, 0.2) is 0 Å². The van der Waals surface area contributed by atoms with Gasteiger partial charge in [0, 0.05) is 19.2 Å². The molecule has 0 aliphatic rings. The van der Waals surface area contributed by atoms with Crippen LogP contribution in [0.5, 0.6) is 0 Å². The standard InChI is InChI=1S/C12H14ClN5O/c1-3-18(14)11-15-10(17(2)12(19)16-11)8-6-4-5-7-9(8)13/h4-7H,3,14H2,1-2H3. The maximum atomic E-state index is 11.9. The lowest BCUT2D eigenvalue weighted by atomic mass is 10.2. The molecule has 1 heterocycles. The highest BCUT2D eigenvalue weighted by Gasteiger charge is 2.13. The summed E-state index contributed by atoms with van der Waals surface area (Å²) >= 11 is 6.13. The first-order valence-corrected chi connectivity index (χ1v) is 6.14. The predicted octanol–water partition coefficient (Wildman–Crippen LogP) is 1.20. The van der Waals surface area contributed by atoms with E-state index in [1.165, 1.54) is 9.58 Å². The van der Waals surface area contributed by atoms with Crippen LogP contribution in [0.25, 0.3) is 11.4 Å². The molecule has 0 saturated heterocycles. The zero-order valence-electron chi connectivity index (χ0n) is 10.7. The molecule has 0 saturated carbocycles. The summed E-state index contributed by atoms with van der Waals surface area (Å²) in [5, 5.41) is 1.82. The highest BCUT2D eigenvalue weighted by molar-refractivity contribution is 6.33. The van der Waals surface area contributed by atoms with Gasteiger partial charge in [0.25, 0.3) is 0 Å². The number of benzene rings is 1. The summed E-state index contributed by atoms with van der Waals surface area (Å²) in [5.74, 6) is 6.34. The van der Waals surface area contributed by atoms with Crippen molar-refractivity contribution in [2.45, 2.75) is 6.92 Å². The summed E-state index contributed by atoms with van der Waals surface area (Å²) in [6, 6.07) is 7.17. The molecule has 1 aromatic heterocycles. The summed E-state index contributed by atoms with van der Waals surface area (Å²) in [5.41, 5.74) is 0.237. The first-order chi connectivity index (χ1) is 9.04. The normalized spacial score (nSPS) is 10.5. The van der Waals surface area contributed by atoms with E-state index in [0.717, 1.165) is 0 Å². The summed E-state index contributed by atoms with van der Waals surface area (Å²) in [7, 11) is 1.59. The average molecular weight is 280 g/mol. The molecular formula is C12H14ClN5O. The van der Waals surface area contributed by atoms with Gasteiger partial charge < -0.3 is 0 Å². The molecule has 0 amide bonds. The van der Waals surface area contributed by atoms with E-state index in [4.69, 9.17) is 17.4 Å². The molecule has 0 atom stereocenters. The Morgan fingerprint density at radius 1 is 1.37 bits per heavy atom. The minimum Gasteiger partial charge on any atom is -0.279 e. The predicted molar refractivity (Wildman–Crippen MR) is 74.9 cm³/mol. The number of halogens is 1. The Morgan fingerprint density at radius 2 is 2.05 bits per heavy atom. The zero-order valence-corrected chi connectivity index (χ0v) is 11.4. The molecule has 100 valence electrons. The van der Waals surface area contributed by atoms with Crippen molar-refractivity contribution >= 4 is 17.5 Å². The van der Waals surface area contributed by atoms with Crippen molar-refractivity contribution < 1.29 is 0 Å². The van der Waals surface area contributed by atoms with E-state index >= 15 is 0 Å². The Hall–Kier alpha value is -1.92. The Morgan fingerprint density at radius 3 is 2.68 bits per heavy atom. The third-order valence-corrected chi connectivity index (χ3v) is 3.05. The molecule has 19 heavy (non-hydrogen) atoms. The topological polar surface area (TPSA) is 77.0 Å². The molecule has 1 aromatic carbocycles.